The molecule has 12 heteroatoms. The highest BCUT2D eigenvalue weighted by atomic mass is 32.2. The number of sulfonamides is 2. The van der Waals surface area contributed by atoms with Crippen LogP contribution >= 0.6 is 0 Å². The topological polar surface area (TPSA) is 131 Å². The fourth-order valence-electron chi connectivity index (χ4n) is 4.05. The zero-order valence-electron chi connectivity index (χ0n) is 21.2. The van der Waals surface area contributed by atoms with E-state index in [9.17, 15) is 21.6 Å². The molecule has 1 aliphatic heterocycles. The van der Waals surface area contributed by atoms with Crippen molar-refractivity contribution in [2.75, 3.05) is 43.5 Å². The van der Waals surface area contributed by atoms with Crippen LogP contribution in [0.4, 0.5) is 11.4 Å². The number of methoxy groups -OCH3 is 1. The Bertz CT molecular complexity index is 1530. The van der Waals surface area contributed by atoms with Gasteiger partial charge in [0, 0.05) is 18.8 Å². The number of nitrogens with one attached hydrogen (secondary N) is 2. The van der Waals surface area contributed by atoms with Gasteiger partial charge < -0.3 is 14.8 Å². The van der Waals surface area contributed by atoms with Crippen LogP contribution in [0, 0.1) is 13.8 Å². The largest absolute Gasteiger partial charge is 0.496 e. The van der Waals surface area contributed by atoms with Crippen molar-refractivity contribution < 1.29 is 31.1 Å². The van der Waals surface area contributed by atoms with Crippen molar-refractivity contribution in [3.05, 3.63) is 77.4 Å². The SMILES string of the molecule is COc1ccc(S(=O)(=O)N2CCOCC2)cc1C(=O)Nc1ccc(S(=O)(=O)Nc2c(C)cccc2C)cc1. The average molecular weight is 560 g/mol. The third-order valence-electron chi connectivity index (χ3n) is 6.16. The summed E-state index contributed by atoms with van der Waals surface area (Å²) < 4.78 is 66.4. The molecule has 0 bridgehead atoms. The molecule has 0 unspecified atom stereocenters. The van der Waals surface area contributed by atoms with Crippen LogP contribution in [0.15, 0.2) is 70.5 Å². The number of carbonyl (C=O) groups excluding carboxylic acids is 1. The Morgan fingerprint density at radius 3 is 2.11 bits per heavy atom. The number of amides is 1. The molecule has 0 saturated carbocycles. The van der Waals surface area contributed by atoms with Gasteiger partial charge >= 0.3 is 0 Å². The Labute approximate surface area is 222 Å². The van der Waals surface area contributed by atoms with Crippen molar-refractivity contribution in [2.45, 2.75) is 23.6 Å². The van der Waals surface area contributed by atoms with E-state index in [1.165, 1.54) is 53.9 Å². The molecular weight excluding hydrogens is 530 g/mol. The second-order valence-corrected chi connectivity index (χ2v) is 12.3. The first-order valence-corrected chi connectivity index (χ1v) is 14.7. The Hall–Kier alpha value is -3.45. The number of nitrogens with zero attached hydrogens (tertiary/aromatic N) is 1. The Morgan fingerprint density at radius 2 is 1.50 bits per heavy atom. The fourth-order valence-corrected chi connectivity index (χ4v) is 6.68. The Balaban J connectivity index is 1.54. The van der Waals surface area contributed by atoms with Crippen molar-refractivity contribution in [1.82, 2.24) is 4.31 Å². The molecule has 3 aromatic rings. The lowest BCUT2D eigenvalue weighted by Crippen LogP contribution is -2.40. The summed E-state index contributed by atoms with van der Waals surface area (Å²) in [6.45, 7) is 4.69. The van der Waals surface area contributed by atoms with Gasteiger partial charge in [-0.25, -0.2) is 16.8 Å². The zero-order valence-corrected chi connectivity index (χ0v) is 22.9. The monoisotopic (exact) mass is 559 g/mol. The summed E-state index contributed by atoms with van der Waals surface area (Å²) in [5.41, 5.74) is 2.46. The standard InChI is InChI=1S/C26H29N3O7S2/c1-18-5-4-6-19(2)25(18)28-37(31,32)21-9-7-20(8-10-21)27-26(30)23-17-22(11-12-24(23)35-3)38(33,34)29-13-15-36-16-14-29/h4-12,17,28H,13-16H2,1-3H3,(H,27,30). The van der Waals surface area contributed by atoms with Crippen molar-refractivity contribution in [3.63, 3.8) is 0 Å². The van der Waals surface area contributed by atoms with Crippen LogP contribution in [0.25, 0.3) is 0 Å². The molecule has 1 amide bonds. The van der Waals surface area contributed by atoms with Gasteiger partial charge in [0.2, 0.25) is 10.0 Å². The first-order chi connectivity index (χ1) is 18.0. The summed E-state index contributed by atoms with van der Waals surface area (Å²) in [7, 11) is -6.31. The molecule has 1 fully saturated rings. The van der Waals surface area contributed by atoms with E-state index < -0.39 is 26.0 Å². The van der Waals surface area contributed by atoms with Crippen molar-refractivity contribution in [1.29, 1.82) is 0 Å². The number of hydrogen-bond acceptors (Lipinski definition) is 7. The minimum atomic E-state index is -3.86. The molecule has 3 aromatic carbocycles. The zero-order chi connectivity index (χ0) is 27.5. The maximum atomic E-state index is 13.1. The van der Waals surface area contributed by atoms with Gasteiger partial charge in [-0.2, -0.15) is 4.31 Å². The van der Waals surface area contributed by atoms with Gasteiger partial charge in [-0.3, -0.25) is 9.52 Å². The number of para-hydroxylation sites is 1. The summed E-state index contributed by atoms with van der Waals surface area (Å²) in [5, 5.41) is 2.68. The summed E-state index contributed by atoms with van der Waals surface area (Å²) >= 11 is 0. The lowest BCUT2D eigenvalue weighted by Gasteiger charge is -2.26. The van der Waals surface area contributed by atoms with E-state index in [2.05, 4.69) is 10.0 Å². The molecule has 0 aliphatic carbocycles. The second kappa shape index (κ2) is 11.1. The molecule has 10 nitrogen and oxygen atoms in total. The number of anilines is 2. The molecule has 1 saturated heterocycles. The smallest absolute Gasteiger partial charge is 0.261 e. The van der Waals surface area contributed by atoms with Gasteiger partial charge in [0.1, 0.15) is 5.75 Å². The number of carbonyl (C=O) groups is 1. The number of hydrogen-bond donors (Lipinski definition) is 2. The molecule has 38 heavy (non-hydrogen) atoms. The maximum absolute atomic E-state index is 13.1. The number of aryl methyl sites for hydroxylation is 2. The number of rotatable bonds is 8. The van der Waals surface area contributed by atoms with Crippen molar-refractivity contribution in [3.8, 4) is 5.75 Å². The fraction of sp³-hybridized carbons (Fsp3) is 0.269. The van der Waals surface area contributed by atoms with Crippen LogP contribution in [0.1, 0.15) is 21.5 Å². The first kappa shape index (κ1) is 27.6. The van der Waals surface area contributed by atoms with Gasteiger partial charge in [-0.05, 0) is 67.4 Å². The summed E-state index contributed by atoms with van der Waals surface area (Å²) in [4.78, 5) is 13.1. The van der Waals surface area contributed by atoms with E-state index in [1.807, 2.05) is 32.0 Å². The predicted octanol–water partition coefficient (Wildman–Crippen LogP) is 3.39. The summed E-state index contributed by atoms with van der Waals surface area (Å²) in [5.74, 6) is -0.412. The minimum absolute atomic E-state index is 0.0225. The Kier molecular flexibility index (Phi) is 8.07. The summed E-state index contributed by atoms with van der Waals surface area (Å²) in [6, 6.07) is 15.2. The van der Waals surface area contributed by atoms with Crippen molar-refractivity contribution in [2.24, 2.45) is 0 Å². The van der Waals surface area contributed by atoms with Gasteiger partial charge in [-0.1, -0.05) is 18.2 Å². The molecule has 0 spiro atoms. The van der Waals surface area contributed by atoms with Crippen LogP contribution in [-0.2, 0) is 24.8 Å². The van der Waals surface area contributed by atoms with E-state index in [0.717, 1.165) is 11.1 Å². The quantitative estimate of drug-likeness (QED) is 0.433. The van der Waals surface area contributed by atoms with Crippen LogP contribution < -0.4 is 14.8 Å². The third-order valence-corrected chi connectivity index (χ3v) is 9.42. The highest BCUT2D eigenvalue weighted by Crippen LogP contribution is 2.27. The van der Waals surface area contributed by atoms with Crippen LogP contribution in [-0.4, -0.2) is 60.5 Å². The molecule has 1 heterocycles. The highest BCUT2D eigenvalue weighted by molar-refractivity contribution is 7.92. The van der Waals surface area contributed by atoms with E-state index in [0.29, 0.717) is 24.6 Å². The van der Waals surface area contributed by atoms with Crippen LogP contribution in [0.2, 0.25) is 0 Å². The predicted molar refractivity (Wildman–Crippen MR) is 144 cm³/mol. The molecule has 0 aromatic heterocycles. The normalized spacial score (nSPS) is 14.6. The summed E-state index contributed by atoms with van der Waals surface area (Å²) in [6.07, 6.45) is 0. The van der Waals surface area contributed by atoms with Gasteiger partial charge in [-0.15, -0.1) is 0 Å². The lowest BCUT2D eigenvalue weighted by atomic mass is 10.1. The number of ether oxygens (including phenoxy) is 2. The first-order valence-electron chi connectivity index (χ1n) is 11.8. The molecule has 4 rings (SSSR count). The van der Waals surface area contributed by atoms with Gasteiger partial charge in [0.05, 0.1) is 41.4 Å². The van der Waals surface area contributed by atoms with E-state index in [4.69, 9.17) is 9.47 Å². The average Bonchev–Trinajstić information content (AvgIpc) is 2.91. The number of morpholine rings is 1. The maximum Gasteiger partial charge on any atom is 0.261 e. The van der Waals surface area contributed by atoms with E-state index in [-0.39, 0.29) is 34.2 Å². The highest BCUT2D eigenvalue weighted by Gasteiger charge is 2.28. The van der Waals surface area contributed by atoms with E-state index in [1.54, 1.807) is 0 Å². The molecule has 0 atom stereocenters. The Morgan fingerprint density at radius 1 is 0.895 bits per heavy atom. The lowest BCUT2D eigenvalue weighted by molar-refractivity contribution is 0.0730. The van der Waals surface area contributed by atoms with Crippen LogP contribution in [0.5, 0.6) is 5.75 Å². The van der Waals surface area contributed by atoms with E-state index >= 15 is 0 Å². The van der Waals surface area contributed by atoms with Crippen molar-refractivity contribution >= 4 is 37.3 Å². The molecule has 1 aliphatic rings. The van der Waals surface area contributed by atoms with Gasteiger partial charge in [0.25, 0.3) is 15.9 Å². The molecule has 2 N–H and O–H groups in total. The minimum Gasteiger partial charge on any atom is -0.496 e. The number of benzene rings is 3. The van der Waals surface area contributed by atoms with Crippen LogP contribution in [0.3, 0.4) is 0 Å². The molecule has 202 valence electrons. The molecule has 0 radical (unpaired) electrons. The third kappa shape index (κ3) is 5.83. The van der Waals surface area contributed by atoms with Gasteiger partial charge in [0.15, 0.2) is 0 Å². The molecular formula is C26H29N3O7S2. The second-order valence-electron chi connectivity index (χ2n) is 8.73.